The van der Waals surface area contributed by atoms with Gasteiger partial charge in [0.15, 0.2) is 0 Å². The molecule has 0 unspecified atom stereocenters. The largest absolute Gasteiger partial charge is 0.488 e. The van der Waals surface area contributed by atoms with Crippen molar-refractivity contribution in [1.82, 2.24) is 0 Å². The van der Waals surface area contributed by atoms with Gasteiger partial charge in [0, 0.05) is 20.6 Å². The molecule has 27 heavy (non-hydrogen) atoms. The zero-order valence-electron chi connectivity index (χ0n) is 14.1. The number of halogens is 3. The van der Waals surface area contributed by atoms with Gasteiger partial charge in [-0.05, 0) is 48.0 Å². The molecule has 0 fully saturated rings. The van der Waals surface area contributed by atoms with Crippen LogP contribution in [-0.4, -0.2) is 0 Å². The first-order valence-corrected chi connectivity index (χ1v) is 9.27. The normalized spacial score (nSPS) is 11.1. The van der Waals surface area contributed by atoms with Gasteiger partial charge in [-0.25, -0.2) is 4.39 Å². The van der Waals surface area contributed by atoms with Crippen LogP contribution >= 0.6 is 27.5 Å². The van der Waals surface area contributed by atoms with E-state index in [9.17, 15) is 9.65 Å². The van der Waals surface area contributed by atoms with Crippen LogP contribution in [0.25, 0.3) is 11.6 Å². The third-order valence-corrected chi connectivity index (χ3v) is 4.63. The first-order valence-electron chi connectivity index (χ1n) is 8.10. The van der Waals surface area contributed by atoms with Gasteiger partial charge in [-0.3, -0.25) is 0 Å². The smallest absolute Gasteiger partial charge is 0.129 e. The molecule has 0 N–H and O–H groups in total. The Hall–Kier alpha value is -2.61. The van der Waals surface area contributed by atoms with E-state index in [1.54, 1.807) is 54.6 Å². The lowest BCUT2D eigenvalue weighted by molar-refractivity contribution is 0.299. The molecule has 0 bridgehead atoms. The predicted molar refractivity (Wildman–Crippen MR) is 110 cm³/mol. The van der Waals surface area contributed by atoms with Gasteiger partial charge in [-0.15, -0.1) is 0 Å². The van der Waals surface area contributed by atoms with Crippen LogP contribution in [0.1, 0.15) is 16.7 Å². The average molecular weight is 443 g/mol. The summed E-state index contributed by atoms with van der Waals surface area (Å²) in [5.41, 5.74) is 2.41. The minimum atomic E-state index is -0.314. The van der Waals surface area contributed by atoms with Crippen molar-refractivity contribution < 1.29 is 9.13 Å². The average Bonchev–Trinajstić information content (AvgIpc) is 2.67. The molecule has 0 radical (unpaired) electrons. The second kappa shape index (κ2) is 8.85. The first-order chi connectivity index (χ1) is 13.1. The molecular weight excluding hydrogens is 429 g/mol. The SMILES string of the molecule is N#C/C(=C\c1cc(Br)ccc1OCc1ccccc1F)c1ccc(Cl)cc1. The molecule has 0 atom stereocenters. The Kier molecular flexibility index (Phi) is 6.28. The van der Waals surface area contributed by atoms with E-state index in [4.69, 9.17) is 16.3 Å². The number of hydrogen-bond donors (Lipinski definition) is 0. The minimum Gasteiger partial charge on any atom is -0.488 e. The van der Waals surface area contributed by atoms with Crippen LogP contribution in [0.5, 0.6) is 5.75 Å². The Morgan fingerprint density at radius 3 is 2.56 bits per heavy atom. The third kappa shape index (κ3) is 4.97. The molecule has 3 aromatic rings. The summed E-state index contributed by atoms with van der Waals surface area (Å²) in [4.78, 5) is 0. The minimum absolute atomic E-state index is 0.0952. The predicted octanol–water partition coefficient (Wildman–Crippen LogP) is 6.88. The third-order valence-electron chi connectivity index (χ3n) is 3.89. The molecule has 0 saturated heterocycles. The Labute approximate surface area is 170 Å². The first kappa shape index (κ1) is 19.2. The van der Waals surface area contributed by atoms with E-state index < -0.39 is 0 Å². The second-order valence-corrected chi connectivity index (χ2v) is 7.09. The summed E-state index contributed by atoms with van der Waals surface area (Å²) in [6.45, 7) is 0.0952. The lowest BCUT2D eigenvalue weighted by Crippen LogP contribution is -1.99. The van der Waals surface area contributed by atoms with E-state index in [0.717, 1.165) is 10.0 Å². The quantitative estimate of drug-likeness (QED) is 0.318. The summed E-state index contributed by atoms with van der Waals surface area (Å²) in [5.74, 6) is 0.244. The molecule has 0 aliphatic carbocycles. The zero-order chi connectivity index (χ0) is 19.2. The van der Waals surface area contributed by atoms with Gasteiger partial charge in [0.1, 0.15) is 18.2 Å². The summed E-state index contributed by atoms with van der Waals surface area (Å²) >= 11 is 9.36. The number of nitriles is 1. The highest BCUT2D eigenvalue weighted by molar-refractivity contribution is 9.10. The second-order valence-electron chi connectivity index (χ2n) is 5.74. The van der Waals surface area contributed by atoms with Gasteiger partial charge in [-0.1, -0.05) is 57.9 Å². The van der Waals surface area contributed by atoms with Crippen molar-refractivity contribution in [2.45, 2.75) is 6.61 Å². The van der Waals surface area contributed by atoms with Crippen molar-refractivity contribution in [2.24, 2.45) is 0 Å². The van der Waals surface area contributed by atoms with Crippen molar-refractivity contribution in [3.63, 3.8) is 0 Å². The van der Waals surface area contributed by atoms with Crippen LogP contribution in [0, 0.1) is 17.1 Å². The maximum Gasteiger partial charge on any atom is 0.129 e. The van der Waals surface area contributed by atoms with Crippen molar-refractivity contribution in [1.29, 1.82) is 5.26 Å². The van der Waals surface area contributed by atoms with Crippen molar-refractivity contribution in [2.75, 3.05) is 0 Å². The standard InChI is InChI=1S/C22H14BrClFNO/c23-19-7-10-22(27-14-16-3-1-2-4-21(16)25)17(12-19)11-18(13-26)15-5-8-20(24)9-6-15/h1-12H,14H2/b18-11+. The fourth-order valence-electron chi connectivity index (χ4n) is 2.50. The summed E-state index contributed by atoms with van der Waals surface area (Å²) in [6, 6.07) is 21.2. The van der Waals surface area contributed by atoms with Crippen molar-refractivity contribution >= 4 is 39.2 Å². The van der Waals surface area contributed by atoms with E-state index >= 15 is 0 Å². The molecule has 3 aromatic carbocycles. The maximum atomic E-state index is 13.8. The highest BCUT2D eigenvalue weighted by Gasteiger charge is 2.08. The van der Waals surface area contributed by atoms with Gasteiger partial charge >= 0.3 is 0 Å². The van der Waals surface area contributed by atoms with Crippen LogP contribution in [0.4, 0.5) is 4.39 Å². The van der Waals surface area contributed by atoms with Gasteiger partial charge in [0.2, 0.25) is 0 Å². The lowest BCUT2D eigenvalue weighted by Gasteiger charge is -2.11. The number of benzene rings is 3. The number of allylic oxidation sites excluding steroid dienone is 1. The molecule has 0 aliphatic rings. The Morgan fingerprint density at radius 1 is 1.11 bits per heavy atom. The monoisotopic (exact) mass is 441 g/mol. The molecule has 5 heteroatoms. The Balaban J connectivity index is 1.92. The number of nitrogens with zero attached hydrogens (tertiary/aromatic N) is 1. The summed E-state index contributed by atoms with van der Waals surface area (Å²) in [5, 5.41) is 10.2. The summed E-state index contributed by atoms with van der Waals surface area (Å²) in [7, 11) is 0. The molecule has 134 valence electrons. The van der Waals surface area contributed by atoms with Crippen LogP contribution < -0.4 is 4.74 Å². The zero-order valence-corrected chi connectivity index (χ0v) is 16.5. The molecule has 0 spiro atoms. The number of ether oxygens (including phenoxy) is 1. The number of rotatable bonds is 5. The fraction of sp³-hybridized carbons (Fsp3) is 0.0455. The van der Waals surface area contributed by atoms with Gasteiger partial charge < -0.3 is 4.74 Å². The van der Waals surface area contributed by atoms with Crippen LogP contribution in [-0.2, 0) is 6.61 Å². The van der Waals surface area contributed by atoms with Crippen molar-refractivity contribution in [3.05, 3.63) is 98.7 Å². The summed E-state index contributed by atoms with van der Waals surface area (Å²) < 4.78 is 20.5. The molecule has 0 aromatic heterocycles. The maximum absolute atomic E-state index is 13.8. The van der Waals surface area contributed by atoms with Crippen LogP contribution in [0.2, 0.25) is 5.02 Å². The molecular formula is C22H14BrClFNO. The molecule has 0 saturated carbocycles. The van der Waals surface area contributed by atoms with Crippen LogP contribution in [0.15, 0.2) is 71.2 Å². The van der Waals surface area contributed by atoms with E-state index in [-0.39, 0.29) is 12.4 Å². The van der Waals surface area contributed by atoms with Gasteiger partial charge in [0.25, 0.3) is 0 Å². The Bertz CT molecular complexity index is 1030. The summed E-state index contributed by atoms with van der Waals surface area (Å²) in [6.07, 6.45) is 1.74. The molecule has 0 amide bonds. The van der Waals surface area contributed by atoms with E-state index in [0.29, 0.717) is 27.5 Å². The van der Waals surface area contributed by atoms with E-state index in [1.165, 1.54) is 6.07 Å². The van der Waals surface area contributed by atoms with Crippen LogP contribution in [0.3, 0.4) is 0 Å². The topological polar surface area (TPSA) is 33.0 Å². The highest BCUT2D eigenvalue weighted by atomic mass is 79.9. The molecule has 2 nitrogen and oxygen atoms in total. The van der Waals surface area contributed by atoms with E-state index in [1.807, 2.05) is 12.1 Å². The Morgan fingerprint density at radius 2 is 1.85 bits per heavy atom. The fourth-order valence-corrected chi connectivity index (χ4v) is 3.00. The molecule has 0 aliphatic heterocycles. The molecule has 3 rings (SSSR count). The lowest BCUT2D eigenvalue weighted by atomic mass is 10.0. The van der Waals surface area contributed by atoms with E-state index in [2.05, 4.69) is 22.0 Å². The highest BCUT2D eigenvalue weighted by Crippen LogP contribution is 2.29. The number of hydrogen-bond acceptors (Lipinski definition) is 2. The van der Waals surface area contributed by atoms with Gasteiger partial charge in [0.05, 0.1) is 11.6 Å². The van der Waals surface area contributed by atoms with Gasteiger partial charge in [-0.2, -0.15) is 5.26 Å². The molecule has 0 heterocycles. The van der Waals surface area contributed by atoms with Crippen molar-refractivity contribution in [3.8, 4) is 11.8 Å².